The van der Waals surface area contributed by atoms with Crippen molar-refractivity contribution < 1.29 is 4.79 Å². The van der Waals surface area contributed by atoms with E-state index in [9.17, 15) is 4.79 Å². The number of nitrogens with one attached hydrogen (secondary N) is 1. The number of hydrogen-bond donors (Lipinski definition) is 1. The summed E-state index contributed by atoms with van der Waals surface area (Å²) in [6.07, 6.45) is 0.836. The zero-order chi connectivity index (χ0) is 10.1. The number of nitrogens with zero attached hydrogens (tertiary/aromatic N) is 1. The second kappa shape index (κ2) is 3.25. The van der Waals surface area contributed by atoms with Crippen LogP contribution in [0, 0.1) is 0 Å². The second-order valence-corrected chi connectivity index (χ2v) is 3.69. The van der Waals surface area contributed by atoms with E-state index < -0.39 is 0 Å². The first-order valence-electron chi connectivity index (χ1n) is 4.65. The third-order valence-electron chi connectivity index (χ3n) is 2.32. The Balaban J connectivity index is 2.65. The maximum absolute atomic E-state index is 10.6. The van der Waals surface area contributed by atoms with Gasteiger partial charge in [0.05, 0.1) is 5.52 Å². The van der Waals surface area contributed by atoms with E-state index in [1.54, 1.807) is 6.07 Å². The minimum Gasteiger partial charge on any atom is -0.298 e. The highest BCUT2D eigenvalue weighted by Crippen LogP contribution is 2.22. The molecule has 72 valence electrons. The first kappa shape index (κ1) is 8.94. The summed E-state index contributed by atoms with van der Waals surface area (Å²) < 4.78 is 0. The molecule has 0 radical (unpaired) electrons. The van der Waals surface area contributed by atoms with Gasteiger partial charge in [0, 0.05) is 16.6 Å². The standard InChI is InChI=1S/C11H12N2O/c1-7(2)11-9-4-3-8(6-14)5-10(9)12-13-11/h3-7H,1-2H3,(H,12,13). The van der Waals surface area contributed by atoms with Crippen LogP contribution >= 0.6 is 0 Å². The Hall–Kier alpha value is -1.64. The molecule has 0 bridgehead atoms. The number of fused-ring (bicyclic) bond motifs is 1. The van der Waals surface area contributed by atoms with Crippen LogP contribution in [0.4, 0.5) is 0 Å². The van der Waals surface area contributed by atoms with E-state index >= 15 is 0 Å². The fourth-order valence-corrected chi connectivity index (χ4v) is 1.56. The molecule has 0 spiro atoms. The molecule has 0 atom stereocenters. The lowest BCUT2D eigenvalue weighted by atomic mass is 10.1. The van der Waals surface area contributed by atoms with Crippen molar-refractivity contribution >= 4 is 17.2 Å². The normalized spacial score (nSPS) is 11.1. The maximum Gasteiger partial charge on any atom is 0.150 e. The first-order chi connectivity index (χ1) is 6.72. The van der Waals surface area contributed by atoms with Crippen LogP contribution in [0.2, 0.25) is 0 Å². The van der Waals surface area contributed by atoms with E-state index in [4.69, 9.17) is 0 Å². The van der Waals surface area contributed by atoms with Crippen molar-refractivity contribution in [3.63, 3.8) is 0 Å². The number of carbonyl (C=O) groups excluding carboxylic acids is 1. The molecule has 0 fully saturated rings. The third kappa shape index (κ3) is 1.31. The summed E-state index contributed by atoms with van der Waals surface area (Å²) in [6, 6.07) is 5.55. The maximum atomic E-state index is 10.6. The molecule has 1 aromatic carbocycles. The number of aldehydes is 1. The van der Waals surface area contributed by atoms with Crippen LogP contribution in [0.3, 0.4) is 0 Å². The predicted molar refractivity (Wildman–Crippen MR) is 55.6 cm³/mol. The molecule has 1 N–H and O–H groups in total. The van der Waals surface area contributed by atoms with Gasteiger partial charge in [-0.25, -0.2) is 0 Å². The van der Waals surface area contributed by atoms with Gasteiger partial charge in [0.25, 0.3) is 0 Å². The molecule has 3 heteroatoms. The molecule has 1 aromatic heterocycles. The summed E-state index contributed by atoms with van der Waals surface area (Å²) in [5.74, 6) is 0.419. The molecular weight excluding hydrogens is 176 g/mol. The van der Waals surface area contributed by atoms with E-state index in [1.165, 1.54) is 0 Å². The molecule has 0 saturated heterocycles. The molecule has 0 aliphatic rings. The summed E-state index contributed by atoms with van der Waals surface area (Å²) in [7, 11) is 0. The molecule has 0 aliphatic heterocycles. The number of benzene rings is 1. The minimum atomic E-state index is 0.419. The summed E-state index contributed by atoms with van der Waals surface area (Å²) in [5.41, 5.74) is 2.65. The quantitative estimate of drug-likeness (QED) is 0.736. The highest BCUT2D eigenvalue weighted by atomic mass is 16.1. The van der Waals surface area contributed by atoms with Crippen LogP contribution in [0.1, 0.15) is 35.8 Å². The van der Waals surface area contributed by atoms with Gasteiger partial charge in [0.1, 0.15) is 6.29 Å². The summed E-state index contributed by atoms with van der Waals surface area (Å²) in [4.78, 5) is 10.6. The molecule has 2 rings (SSSR count). The van der Waals surface area contributed by atoms with Gasteiger partial charge in [-0.15, -0.1) is 0 Å². The predicted octanol–water partition coefficient (Wildman–Crippen LogP) is 2.50. The van der Waals surface area contributed by atoms with Crippen LogP contribution in [-0.2, 0) is 0 Å². The zero-order valence-electron chi connectivity index (χ0n) is 8.24. The highest BCUT2D eigenvalue weighted by molar-refractivity contribution is 5.88. The second-order valence-electron chi connectivity index (χ2n) is 3.69. The topological polar surface area (TPSA) is 45.8 Å². The molecule has 0 unspecified atom stereocenters. The van der Waals surface area contributed by atoms with Gasteiger partial charge < -0.3 is 0 Å². The molecular formula is C11H12N2O. The summed E-state index contributed by atoms with van der Waals surface area (Å²) in [5, 5.41) is 8.27. The Kier molecular flexibility index (Phi) is 2.08. The van der Waals surface area contributed by atoms with Crippen LogP contribution < -0.4 is 0 Å². The lowest BCUT2D eigenvalue weighted by Gasteiger charge is -2.00. The van der Waals surface area contributed by atoms with E-state index in [0.717, 1.165) is 22.9 Å². The zero-order valence-corrected chi connectivity index (χ0v) is 8.24. The number of carbonyl (C=O) groups is 1. The van der Waals surface area contributed by atoms with Crippen LogP contribution in [0.15, 0.2) is 18.2 Å². The van der Waals surface area contributed by atoms with E-state index in [2.05, 4.69) is 24.0 Å². The lowest BCUT2D eigenvalue weighted by molar-refractivity contribution is 0.112. The van der Waals surface area contributed by atoms with Gasteiger partial charge in [0.15, 0.2) is 0 Å². The molecule has 14 heavy (non-hydrogen) atoms. The molecule has 3 nitrogen and oxygen atoms in total. The molecule has 2 aromatic rings. The highest BCUT2D eigenvalue weighted by Gasteiger charge is 2.08. The summed E-state index contributed by atoms with van der Waals surface area (Å²) in [6.45, 7) is 4.22. The monoisotopic (exact) mass is 188 g/mol. The number of H-pyrrole nitrogens is 1. The summed E-state index contributed by atoms with van der Waals surface area (Å²) >= 11 is 0. The van der Waals surface area contributed by atoms with Crippen LogP contribution in [-0.4, -0.2) is 16.5 Å². The number of hydrogen-bond acceptors (Lipinski definition) is 2. The van der Waals surface area contributed by atoms with Gasteiger partial charge in [-0.2, -0.15) is 5.10 Å². The van der Waals surface area contributed by atoms with Gasteiger partial charge >= 0.3 is 0 Å². The minimum absolute atomic E-state index is 0.419. The van der Waals surface area contributed by atoms with Gasteiger partial charge in [-0.05, 0) is 12.0 Å². The van der Waals surface area contributed by atoms with Crippen molar-refractivity contribution in [2.75, 3.05) is 0 Å². The number of rotatable bonds is 2. The van der Waals surface area contributed by atoms with E-state index in [0.29, 0.717) is 11.5 Å². The van der Waals surface area contributed by atoms with Crippen molar-refractivity contribution in [2.24, 2.45) is 0 Å². The fraction of sp³-hybridized carbons (Fsp3) is 0.273. The Morgan fingerprint density at radius 2 is 2.21 bits per heavy atom. The van der Waals surface area contributed by atoms with Gasteiger partial charge in [-0.1, -0.05) is 26.0 Å². The number of aromatic amines is 1. The molecule has 1 heterocycles. The Morgan fingerprint density at radius 1 is 1.43 bits per heavy atom. The Bertz CT molecular complexity index is 471. The van der Waals surface area contributed by atoms with Crippen molar-refractivity contribution in [3.05, 3.63) is 29.5 Å². The van der Waals surface area contributed by atoms with Crippen LogP contribution in [0.5, 0.6) is 0 Å². The lowest BCUT2D eigenvalue weighted by Crippen LogP contribution is -1.87. The largest absolute Gasteiger partial charge is 0.298 e. The Morgan fingerprint density at radius 3 is 2.86 bits per heavy atom. The molecule has 0 aliphatic carbocycles. The average molecular weight is 188 g/mol. The Labute approximate surface area is 82.1 Å². The van der Waals surface area contributed by atoms with Crippen molar-refractivity contribution in [1.29, 1.82) is 0 Å². The van der Waals surface area contributed by atoms with Gasteiger partial charge in [0.2, 0.25) is 0 Å². The smallest absolute Gasteiger partial charge is 0.150 e. The van der Waals surface area contributed by atoms with E-state index in [-0.39, 0.29) is 0 Å². The SMILES string of the molecule is CC(C)c1[nH]nc2cc(C=O)ccc12. The molecule has 0 saturated carbocycles. The third-order valence-corrected chi connectivity index (χ3v) is 2.32. The van der Waals surface area contributed by atoms with Crippen molar-refractivity contribution in [2.45, 2.75) is 19.8 Å². The fourth-order valence-electron chi connectivity index (χ4n) is 1.56. The first-order valence-corrected chi connectivity index (χ1v) is 4.65. The molecule has 0 amide bonds. The van der Waals surface area contributed by atoms with Gasteiger partial charge in [-0.3, -0.25) is 9.89 Å². The van der Waals surface area contributed by atoms with Crippen molar-refractivity contribution in [3.8, 4) is 0 Å². The van der Waals surface area contributed by atoms with Crippen molar-refractivity contribution in [1.82, 2.24) is 10.2 Å². The van der Waals surface area contributed by atoms with E-state index in [1.807, 2.05) is 12.1 Å². The number of aromatic nitrogens is 2. The van der Waals surface area contributed by atoms with Crippen LogP contribution in [0.25, 0.3) is 10.9 Å². The average Bonchev–Trinajstić information content (AvgIpc) is 2.59.